The molecular formula is C13H15BrN2S. The summed E-state index contributed by atoms with van der Waals surface area (Å²) in [4.78, 5) is 7.04. The molecule has 0 saturated heterocycles. The molecule has 0 saturated carbocycles. The summed E-state index contributed by atoms with van der Waals surface area (Å²) in [5, 5.41) is 3.42. The van der Waals surface area contributed by atoms with Crippen LogP contribution in [0.25, 0.3) is 0 Å². The Bertz CT molecular complexity index is 522. The van der Waals surface area contributed by atoms with Gasteiger partial charge in [0.25, 0.3) is 0 Å². The Morgan fingerprint density at radius 3 is 2.71 bits per heavy atom. The zero-order valence-electron chi connectivity index (χ0n) is 10.1. The standard InChI is InChI=1S/C13H15BrN2S/c1-8-6-13(15-7-11(8)14)16-10(3)12-5-4-9(2)17-12/h4-7,10H,1-3H3,(H,15,16). The molecule has 1 N–H and O–H groups in total. The summed E-state index contributed by atoms with van der Waals surface area (Å²) in [6.07, 6.45) is 1.84. The van der Waals surface area contributed by atoms with Gasteiger partial charge in [-0.25, -0.2) is 4.98 Å². The first-order valence-corrected chi connectivity index (χ1v) is 7.12. The highest BCUT2D eigenvalue weighted by atomic mass is 79.9. The third-order valence-electron chi connectivity index (χ3n) is 2.60. The van der Waals surface area contributed by atoms with Crippen molar-refractivity contribution >= 4 is 33.1 Å². The van der Waals surface area contributed by atoms with Crippen LogP contribution in [0.1, 0.15) is 28.3 Å². The van der Waals surface area contributed by atoms with Gasteiger partial charge in [0.05, 0.1) is 6.04 Å². The number of nitrogens with one attached hydrogen (secondary N) is 1. The average Bonchev–Trinajstić information content (AvgIpc) is 2.70. The van der Waals surface area contributed by atoms with E-state index in [1.165, 1.54) is 15.3 Å². The van der Waals surface area contributed by atoms with Crippen molar-refractivity contribution in [1.29, 1.82) is 0 Å². The van der Waals surface area contributed by atoms with Crippen LogP contribution >= 0.6 is 27.3 Å². The molecule has 0 aliphatic heterocycles. The van der Waals surface area contributed by atoms with Gasteiger partial charge in [0, 0.05) is 20.4 Å². The van der Waals surface area contributed by atoms with Crippen molar-refractivity contribution in [2.24, 2.45) is 0 Å². The second-order valence-corrected chi connectivity index (χ2v) is 6.31. The fourth-order valence-electron chi connectivity index (χ4n) is 1.60. The van der Waals surface area contributed by atoms with Crippen molar-refractivity contribution in [2.75, 3.05) is 5.32 Å². The van der Waals surface area contributed by atoms with Crippen molar-refractivity contribution in [3.63, 3.8) is 0 Å². The van der Waals surface area contributed by atoms with Crippen LogP contribution in [0.4, 0.5) is 5.82 Å². The van der Waals surface area contributed by atoms with Crippen LogP contribution in [0.15, 0.2) is 28.9 Å². The van der Waals surface area contributed by atoms with Crippen molar-refractivity contribution in [3.8, 4) is 0 Å². The first-order valence-electron chi connectivity index (χ1n) is 5.51. The third-order valence-corrected chi connectivity index (χ3v) is 4.61. The molecule has 0 aliphatic rings. The van der Waals surface area contributed by atoms with E-state index in [1.54, 1.807) is 0 Å². The topological polar surface area (TPSA) is 24.9 Å². The monoisotopic (exact) mass is 310 g/mol. The van der Waals surface area contributed by atoms with Crippen LogP contribution in [-0.2, 0) is 0 Å². The number of hydrogen-bond donors (Lipinski definition) is 1. The van der Waals surface area contributed by atoms with E-state index < -0.39 is 0 Å². The van der Waals surface area contributed by atoms with E-state index in [1.807, 2.05) is 17.5 Å². The van der Waals surface area contributed by atoms with Crippen LogP contribution in [0, 0.1) is 13.8 Å². The normalized spacial score (nSPS) is 12.5. The smallest absolute Gasteiger partial charge is 0.126 e. The maximum atomic E-state index is 4.36. The number of nitrogens with zero attached hydrogens (tertiary/aromatic N) is 1. The molecule has 0 spiro atoms. The largest absolute Gasteiger partial charge is 0.363 e. The minimum atomic E-state index is 0.293. The lowest BCUT2D eigenvalue weighted by molar-refractivity contribution is 0.895. The van der Waals surface area contributed by atoms with E-state index >= 15 is 0 Å². The summed E-state index contributed by atoms with van der Waals surface area (Å²) < 4.78 is 1.04. The molecule has 1 unspecified atom stereocenters. The van der Waals surface area contributed by atoms with Gasteiger partial charge in [-0.05, 0) is 60.5 Å². The molecule has 0 aromatic carbocycles. The van der Waals surface area contributed by atoms with E-state index in [-0.39, 0.29) is 0 Å². The maximum absolute atomic E-state index is 4.36. The molecule has 2 aromatic rings. The van der Waals surface area contributed by atoms with Crippen LogP contribution in [0.2, 0.25) is 0 Å². The van der Waals surface area contributed by atoms with E-state index in [0.717, 1.165) is 10.3 Å². The number of pyridine rings is 1. The van der Waals surface area contributed by atoms with Gasteiger partial charge in [0.2, 0.25) is 0 Å². The van der Waals surface area contributed by atoms with Crippen molar-refractivity contribution < 1.29 is 0 Å². The fraction of sp³-hybridized carbons (Fsp3) is 0.308. The molecular weight excluding hydrogens is 296 g/mol. The Labute approximate surface area is 114 Å². The molecule has 1 atom stereocenters. The number of aryl methyl sites for hydroxylation is 2. The number of rotatable bonds is 3. The predicted octanol–water partition coefficient (Wildman–Crippen LogP) is 4.70. The summed E-state index contributed by atoms with van der Waals surface area (Å²) in [6, 6.07) is 6.67. The van der Waals surface area contributed by atoms with Gasteiger partial charge in [-0.15, -0.1) is 11.3 Å². The van der Waals surface area contributed by atoms with Gasteiger partial charge in [-0.1, -0.05) is 0 Å². The van der Waals surface area contributed by atoms with E-state index in [4.69, 9.17) is 0 Å². The van der Waals surface area contributed by atoms with Crippen LogP contribution in [0.3, 0.4) is 0 Å². The molecule has 2 heterocycles. The summed E-state index contributed by atoms with van der Waals surface area (Å²) >= 11 is 5.28. The number of thiophene rings is 1. The van der Waals surface area contributed by atoms with E-state index in [0.29, 0.717) is 6.04 Å². The van der Waals surface area contributed by atoms with Gasteiger partial charge in [-0.2, -0.15) is 0 Å². The Morgan fingerprint density at radius 1 is 1.35 bits per heavy atom. The van der Waals surface area contributed by atoms with Gasteiger partial charge in [0.15, 0.2) is 0 Å². The van der Waals surface area contributed by atoms with Crippen LogP contribution < -0.4 is 5.32 Å². The zero-order chi connectivity index (χ0) is 12.4. The lowest BCUT2D eigenvalue weighted by Crippen LogP contribution is -2.06. The SMILES string of the molecule is Cc1ccc(C(C)Nc2cc(C)c(Br)cn2)s1. The third kappa shape index (κ3) is 3.07. The van der Waals surface area contributed by atoms with E-state index in [9.17, 15) is 0 Å². The molecule has 2 nitrogen and oxygen atoms in total. The lowest BCUT2D eigenvalue weighted by Gasteiger charge is -2.13. The number of hydrogen-bond acceptors (Lipinski definition) is 3. The highest BCUT2D eigenvalue weighted by Crippen LogP contribution is 2.26. The minimum Gasteiger partial charge on any atom is -0.363 e. The van der Waals surface area contributed by atoms with E-state index in [2.05, 4.69) is 65.2 Å². The molecule has 0 bridgehead atoms. The number of halogens is 1. The van der Waals surface area contributed by atoms with Gasteiger partial charge in [-0.3, -0.25) is 0 Å². The minimum absolute atomic E-state index is 0.293. The maximum Gasteiger partial charge on any atom is 0.126 e. The Hall–Kier alpha value is -0.870. The molecule has 17 heavy (non-hydrogen) atoms. The average molecular weight is 311 g/mol. The van der Waals surface area contributed by atoms with Crippen molar-refractivity contribution in [2.45, 2.75) is 26.8 Å². The van der Waals surface area contributed by atoms with Crippen LogP contribution in [-0.4, -0.2) is 4.98 Å². The van der Waals surface area contributed by atoms with Gasteiger partial charge in [0.1, 0.15) is 5.82 Å². The molecule has 4 heteroatoms. The van der Waals surface area contributed by atoms with Crippen molar-refractivity contribution in [3.05, 3.63) is 44.2 Å². The molecule has 0 amide bonds. The second-order valence-electron chi connectivity index (χ2n) is 4.13. The highest BCUT2D eigenvalue weighted by Gasteiger charge is 2.08. The van der Waals surface area contributed by atoms with Crippen molar-refractivity contribution in [1.82, 2.24) is 4.98 Å². The zero-order valence-corrected chi connectivity index (χ0v) is 12.5. The molecule has 0 aliphatic carbocycles. The quantitative estimate of drug-likeness (QED) is 0.889. The second kappa shape index (κ2) is 5.19. The number of anilines is 1. The Balaban J connectivity index is 2.12. The first kappa shape index (κ1) is 12.6. The molecule has 90 valence electrons. The molecule has 2 rings (SSSR count). The first-order chi connectivity index (χ1) is 8.06. The fourth-order valence-corrected chi connectivity index (χ4v) is 2.69. The van der Waals surface area contributed by atoms with Crippen LogP contribution in [0.5, 0.6) is 0 Å². The summed E-state index contributed by atoms with van der Waals surface area (Å²) in [5.74, 6) is 0.921. The summed E-state index contributed by atoms with van der Waals surface area (Å²) in [6.45, 7) is 6.35. The molecule has 0 radical (unpaired) electrons. The Morgan fingerprint density at radius 2 is 2.12 bits per heavy atom. The van der Waals surface area contributed by atoms with Gasteiger partial charge < -0.3 is 5.32 Å². The molecule has 2 aromatic heterocycles. The number of aromatic nitrogens is 1. The Kier molecular flexibility index (Phi) is 3.84. The highest BCUT2D eigenvalue weighted by molar-refractivity contribution is 9.10. The van der Waals surface area contributed by atoms with Gasteiger partial charge >= 0.3 is 0 Å². The lowest BCUT2D eigenvalue weighted by atomic mass is 10.2. The predicted molar refractivity (Wildman–Crippen MR) is 77.8 cm³/mol. The summed E-state index contributed by atoms with van der Waals surface area (Å²) in [5.41, 5.74) is 1.19. The molecule has 0 fully saturated rings. The summed E-state index contributed by atoms with van der Waals surface area (Å²) in [7, 11) is 0.